The summed E-state index contributed by atoms with van der Waals surface area (Å²) in [5, 5.41) is 0. The van der Waals surface area contributed by atoms with Crippen molar-refractivity contribution in [1.29, 1.82) is 0 Å². The van der Waals surface area contributed by atoms with Crippen molar-refractivity contribution in [3.8, 4) is 5.75 Å². The minimum atomic E-state index is -0.303. The molecule has 1 atom stereocenters. The Hall–Kier alpha value is -1.13. The molecule has 1 aromatic carbocycles. The van der Waals surface area contributed by atoms with Crippen LogP contribution in [0.15, 0.2) is 18.2 Å². The molecule has 0 amide bonds. The van der Waals surface area contributed by atoms with E-state index in [1.165, 1.54) is 6.07 Å². The Bertz CT molecular complexity index is 351. The number of hydrogen-bond acceptors (Lipinski definition) is 3. The smallest absolute Gasteiger partial charge is 0.131 e. The Morgan fingerprint density at radius 3 is 3.06 bits per heavy atom. The Labute approximate surface area is 94.3 Å². The van der Waals surface area contributed by atoms with Crippen LogP contribution in [0.4, 0.5) is 4.39 Å². The molecule has 0 aromatic heterocycles. The monoisotopic (exact) mass is 225 g/mol. The highest BCUT2D eigenvalue weighted by molar-refractivity contribution is 5.34. The normalized spacial score (nSPS) is 20.0. The van der Waals surface area contributed by atoms with Crippen LogP contribution in [-0.4, -0.2) is 19.8 Å². The minimum Gasteiger partial charge on any atom is -0.493 e. The van der Waals surface area contributed by atoms with Gasteiger partial charge in [-0.2, -0.15) is 0 Å². The number of halogens is 1. The van der Waals surface area contributed by atoms with E-state index >= 15 is 0 Å². The molecular formula is C12H16FNO2. The zero-order valence-electron chi connectivity index (χ0n) is 9.12. The zero-order chi connectivity index (χ0) is 11.4. The summed E-state index contributed by atoms with van der Waals surface area (Å²) in [7, 11) is 0. The lowest BCUT2D eigenvalue weighted by Crippen LogP contribution is -2.13. The quantitative estimate of drug-likeness (QED) is 0.848. The lowest BCUT2D eigenvalue weighted by Gasteiger charge is -2.13. The fourth-order valence-corrected chi connectivity index (χ4v) is 1.79. The molecule has 2 N–H and O–H groups in total. The summed E-state index contributed by atoms with van der Waals surface area (Å²) in [5.41, 5.74) is 5.94. The lowest BCUT2D eigenvalue weighted by molar-refractivity contribution is 0.166. The van der Waals surface area contributed by atoms with Gasteiger partial charge in [0, 0.05) is 24.6 Å². The van der Waals surface area contributed by atoms with E-state index in [2.05, 4.69) is 0 Å². The topological polar surface area (TPSA) is 44.5 Å². The first-order valence-electron chi connectivity index (χ1n) is 5.49. The van der Waals surface area contributed by atoms with Gasteiger partial charge in [-0.05, 0) is 18.6 Å². The van der Waals surface area contributed by atoms with E-state index in [0.717, 1.165) is 19.6 Å². The third-order valence-electron chi connectivity index (χ3n) is 2.78. The Morgan fingerprint density at radius 1 is 1.50 bits per heavy atom. The minimum absolute atomic E-state index is 0.156. The third kappa shape index (κ3) is 2.51. The van der Waals surface area contributed by atoms with Gasteiger partial charge >= 0.3 is 0 Å². The van der Waals surface area contributed by atoms with E-state index in [-0.39, 0.29) is 12.4 Å². The first-order chi connectivity index (χ1) is 7.81. The molecule has 1 aromatic rings. The second-order valence-electron chi connectivity index (χ2n) is 3.96. The predicted octanol–water partition coefficient (Wildman–Crippen LogP) is 1.70. The average molecular weight is 225 g/mol. The van der Waals surface area contributed by atoms with Crippen molar-refractivity contribution in [2.24, 2.45) is 11.7 Å². The van der Waals surface area contributed by atoms with Crippen molar-refractivity contribution in [1.82, 2.24) is 0 Å². The fraction of sp³-hybridized carbons (Fsp3) is 0.500. The first-order valence-corrected chi connectivity index (χ1v) is 5.49. The molecule has 1 aliphatic heterocycles. The summed E-state index contributed by atoms with van der Waals surface area (Å²) in [6.07, 6.45) is 1.01. The van der Waals surface area contributed by atoms with Crippen LogP contribution in [0.1, 0.15) is 12.0 Å². The van der Waals surface area contributed by atoms with Crippen molar-refractivity contribution >= 4 is 0 Å². The van der Waals surface area contributed by atoms with Crippen LogP contribution in [0.5, 0.6) is 5.75 Å². The van der Waals surface area contributed by atoms with Crippen LogP contribution in [0.2, 0.25) is 0 Å². The summed E-state index contributed by atoms with van der Waals surface area (Å²) in [4.78, 5) is 0. The molecule has 0 bridgehead atoms. The van der Waals surface area contributed by atoms with Crippen LogP contribution in [0.3, 0.4) is 0 Å². The van der Waals surface area contributed by atoms with Gasteiger partial charge in [-0.15, -0.1) is 0 Å². The number of nitrogens with two attached hydrogens (primary N) is 1. The average Bonchev–Trinajstić information content (AvgIpc) is 2.79. The summed E-state index contributed by atoms with van der Waals surface area (Å²) >= 11 is 0. The van der Waals surface area contributed by atoms with Crippen LogP contribution < -0.4 is 10.5 Å². The van der Waals surface area contributed by atoms with Gasteiger partial charge in [0.1, 0.15) is 11.6 Å². The molecule has 1 fully saturated rings. The first kappa shape index (κ1) is 11.4. The maximum atomic E-state index is 13.4. The summed E-state index contributed by atoms with van der Waals surface area (Å²) < 4.78 is 24.2. The zero-order valence-corrected chi connectivity index (χ0v) is 9.12. The highest BCUT2D eigenvalue weighted by Gasteiger charge is 2.17. The van der Waals surface area contributed by atoms with E-state index in [1.54, 1.807) is 12.1 Å². The Morgan fingerprint density at radius 2 is 2.38 bits per heavy atom. The van der Waals surface area contributed by atoms with Crippen molar-refractivity contribution in [2.45, 2.75) is 13.0 Å². The van der Waals surface area contributed by atoms with Gasteiger partial charge in [0.05, 0.1) is 13.2 Å². The summed E-state index contributed by atoms with van der Waals surface area (Å²) in [6.45, 7) is 2.24. The molecule has 0 saturated carbocycles. The molecular weight excluding hydrogens is 209 g/mol. The number of ether oxygens (including phenoxy) is 2. The number of rotatable bonds is 4. The van der Waals surface area contributed by atoms with E-state index < -0.39 is 0 Å². The van der Waals surface area contributed by atoms with Gasteiger partial charge in [0.2, 0.25) is 0 Å². The van der Waals surface area contributed by atoms with Crippen molar-refractivity contribution < 1.29 is 13.9 Å². The molecule has 88 valence electrons. The van der Waals surface area contributed by atoms with Crippen molar-refractivity contribution in [3.05, 3.63) is 29.6 Å². The Kier molecular flexibility index (Phi) is 3.74. The molecule has 1 saturated heterocycles. The summed E-state index contributed by atoms with van der Waals surface area (Å²) in [5.74, 6) is 0.658. The van der Waals surface area contributed by atoms with Gasteiger partial charge in [0.15, 0.2) is 0 Å². The molecule has 4 heteroatoms. The molecule has 3 nitrogen and oxygen atoms in total. The fourth-order valence-electron chi connectivity index (χ4n) is 1.79. The highest BCUT2D eigenvalue weighted by atomic mass is 19.1. The molecule has 0 spiro atoms. The van der Waals surface area contributed by atoms with Crippen molar-refractivity contribution in [2.75, 3.05) is 19.8 Å². The van der Waals surface area contributed by atoms with Gasteiger partial charge in [-0.1, -0.05) is 6.07 Å². The maximum absolute atomic E-state index is 13.4. The van der Waals surface area contributed by atoms with Gasteiger partial charge in [-0.25, -0.2) is 4.39 Å². The van der Waals surface area contributed by atoms with Crippen LogP contribution in [-0.2, 0) is 11.3 Å². The van der Waals surface area contributed by atoms with Gasteiger partial charge in [0.25, 0.3) is 0 Å². The van der Waals surface area contributed by atoms with Gasteiger partial charge < -0.3 is 15.2 Å². The van der Waals surface area contributed by atoms with E-state index in [1.807, 2.05) is 0 Å². The predicted molar refractivity (Wildman–Crippen MR) is 58.7 cm³/mol. The molecule has 0 radical (unpaired) electrons. The van der Waals surface area contributed by atoms with Gasteiger partial charge in [-0.3, -0.25) is 0 Å². The van der Waals surface area contributed by atoms with Crippen LogP contribution in [0.25, 0.3) is 0 Å². The largest absolute Gasteiger partial charge is 0.493 e. The molecule has 16 heavy (non-hydrogen) atoms. The lowest BCUT2D eigenvalue weighted by atomic mass is 10.1. The summed E-state index contributed by atoms with van der Waals surface area (Å²) in [6, 6.07) is 4.78. The number of benzene rings is 1. The van der Waals surface area contributed by atoms with Crippen LogP contribution >= 0.6 is 0 Å². The van der Waals surface area contributed by atoms with Crippen LogP contribution in [0, 0.1) is 11.7 Å². The third-order valence-corrected chi connectivity index (χ3v) is 2.78. The molecule has 1 unspecified atom stereocenters. The standard InChI is InChI=1S/C12H16FNO2/c13-11-2-1-3-12(10(11)6-14)16-8-9-4-5-15-7-9/h1-3,9H,4-8,14H2. The van der Waals surface area contributed by atoms with E-state index in [9.17, 15) is 4.39 Å². The second-order valence-corrected chi connectivity index (χ2v) is 3.96. The molecule has 1 aliphatic rings. The molecule has 2 rings (SSSR count). The number of hydrogen-bond donors (Lipinski definition) is 1. The maximum Gasteiger partial charge on any atom is 0.131 e. The molecule has 0 aliphatic carbocycles. The van der Waals surface area contributed by atoms with E-state index in [0.29, 0.717) is 23.8 Å². The van der Waals surface area contributed by atoms with Crippen molar-refractivity contribution in [3.63, 3.8) is 0 Å². The van der Waals surface area contributed by atoms with E-state index in [4.69, 9.17) is 15.2 Å². The highest BCUT2D eigenvalue weighted by Crippen LogP contribution is 2.22. The Balaban J connectivity index is 2.00. The molecule has 1 heterocycles. The SMILES string of the molecule is NCc1c(F)cccc1OCC1CCOC1. The second kappa shape index (κ2) is 5.27.